The molecule has 1 atom stereocenters. The standard InChI is InChI=1S/C25H24F2N6O/c1-15(11-30-23-10-21(32-14-33-23)17-7-6-16(2)29-12-17)18-4-3-5-19-20(8-9-28-24(18)19)25(34)31-13-22(26)27/h3-10,12,14-15,22H,11,13H2,1-2H3,(H,31,34)(H,30,32,33)/t15-/m1/s1. The Bertz CT molecular complexity index is 1300. The molecule has 3 aromatic heterocycles. The number of para-hydroxylation sites is 1. The lowest BCUT2D eigenvalue weighted by atomic mass is 9.96. The topological polar surface area (TPSA) is 92.7 Å². The lowest BCUT2D eigenvalue weighted by Gasteiger charge is -2.16. The molecule has 3 heterocycles. The van der Waals surface area contributed by atoms with Gasteiger partial charge in [-0.05, 0) is 30.7 Å². The van der Waals surface area contributed by atoms with Gasteiger partial charge >= 0.3 is 0 Å². The summed E-state index contributed by atoms with van der Waals surface area (Å²) in [5, 5.41) is 6.22. The highest BCUT2D eigenvalue weighted by Crippen LogP contribution is 2.27. The summed E-state index contributed by atoms with van der Waals surface area (Å²) in [5.74, 6) is 0.155. The zero-order valence-corrected chi connectivity index (χ0v) is 18.8. The average Bonchev–Trinajstić information content (AvgIpc) is 2.85. The van der Waals surface area contributed by atoms with E-state index in [4.69, 9.17) is 0 Å². The van der Waals surface area contributed by atoms with Crippen molar-refractivity contribution < 1.29 is 13.6 Å². The largest absolute Gasteiger partial charge is 0.369 e. The van der Waals surface area contributed by atoms with Crippen LogP contribution in [0.2, 0.25) is 0 Å². The zero-order valence-electron chi connectivity index (χ0n) is 18.8. The van der Waals surface area contributed by atoms with E-state index in [2.05, 4.69) is 30.6 Å². The number of amides is 1. The van der Waals surface area contributed by atoms with Gasteiger partial charge in [-0.2, -0.15) is 0 Å². The molecule has 0 aliphatic carbocycles. The predicted molar refractivity (Wildman–Crippen MR) is 127 cm³/mol. The van der Waals surface area contributed by atoms with Crippen molar-refractivity contribution >= 4 is 22.6 Å². The third kappa shape index (κ3) is 5.31. The molecule has 0 radical (unpaired) electrons. The van der Waals surface area contributed by atoms with Gasteiger partial charge in [0.25, 0.3) is 12.3 Å². The molecule has 0 spiro atoms. The Morgan fingerprint density at radius 3 is 2.65 bits per heavy atom. The monoisotopic (exact) mass is 462 g/mol. The van der Waals surface area contributed by atoms with Crippen molar-refractivity contribution in [2.24, 2.45) is 0 Å². The summed E-state index contributed by atoms with van der Waals surface area (Å²) in [5.41, 5.74) is 4.52. The van der Waals surface area contributed by atoms with Crippen LogP contribution in [0.25, 0.3) is 22.2 Å². The molecule has 2 N–H and O–H groups in total. The third-order valence-corrected chi connectivity index (χ3v) is 5.46. The minimum atomic E-state index is -2.61. The molecule has 0 saturated carbocycles. The number of alkyl halides is 2. The maximum atomic E-state index is 12.5. The SMILES string of the molecule is Cc1ccc(-c2cc(NC[C@@H](C)c3cccc4c(C(=O)NCC(F)F)ccnc34)ncn2)cn1. The Balaban J connectivity index is 1.52. The fourth-order valence-corrected chi connectivity index (χ4v) is 3.66. The molecule has 0 fully saturated rings. The molecule has 0 unspecified atom stereocenters. The molecule has 1 aromatic carbocycles. The number of nitrogens with one attached hydrogen (secondary N) is 2. The van der Waals surface area contributed by atoms with Gasteiger partial charge < -0.3 is 10.6 Å². The van der Waals surface area contributed by atoms with Gasteiger partial charge in [0.15, 0.2) is 0 Å². The molecular formula is C25H24F2N6O. The van der Waals surface area contributed by atoms with E-state index in [0.29, 0.717) is 28.8 Å². The van der Waals surface area contributed by atoms with Gasteiger partial charge in [-0.25, -0.2) is 18.7 Å². The molecule has 174 valence electrons. The first-order valence-electron chi connectivity index (χ1n) is 10.9. The number of hydrogen-bond acceptors (Lipinski definition) is 6. The normalized spacial score (nSPS) is 12.0. The number of benzene rings is 1. The van der Waals surface area contributed by atoms with E-state index < -0.39 is 18.9 Å². The van der Waals surface area contributed by atoms with Crippen LogP contribution in [0.4, 0.5) is 14.6 Å². The molecular weight excluding hydrogens is 438 g/mol. The average molecular weight is 463 g/mol. The number of halogens is 2. The number of carbonyl (C=O) groups excluding carboxylic acids is 1. The van der Waals surface area contributed by atoms with Crippen LogP contribution in [0.15, 0.2) is 61.2 Å². The van der Waals surface area contributed by atoms with Crippen molar-refractivity contribution in [2.75, 3.05) is 18.4 Å². The van der Waals surface area contributed by atoms with Crippen LogP contribution in [0.1, 0.15) is 34.5 Å². The Labute approximate surface area is 195 Å². The van der Waals surface area contributed by atoms with Gasteiger partial charge in [0.05, 0.1) is 23.3 Å². The van der Waals surface area contributed by atoms with Crippen LogP contribution < -0.4 is 10.6 Å². The van der Waals surface area contributed by atoms with Crippen LogP contribution >= 0.6 is 0 Å². The van der Waals surface area contributed by atoms with E-state index in [1.165, 1.54) is 18.6 Å². The first kappa shape index (κ1) is 23.2. The highest BCUT2D eigenvalue weighted by molar-refractivity contribution is 6.06. The maximum Gasteiger partial charge on any atom is 0.255 e. The first-order chi connectivity index (χ1) is 16.4. The summed E-state index contributed by atoms with van der Waals surface area (Å²) >= 11 is 0. The summed E-state index contributed by atoms with van der Waals surface area (Å²) in [6.07, 6.45) is 2.20. The molecule has 7 nitrogen and oxygen atoms in total. The van der Waals surface area contributed by atoms with Crippen LogP contribution in [0.3, 0.4) is 0 Å². The van der Waals surface area contributed by atoms with Gasteiger partial charge in [-0.3, -0.25) is 14.8 Å². The van der Waals surface area contributed by atoms with Gasteiger partial charge in [-0.15, -0.1) is 0 Å². The summed E-state index contributed by atoms with van der Waals surface area (Å²) in [6.45, 7) is 3.84. The fraction of sp³-hybridized carbons (Fsp3) is 0.240. The number of aryl methyl sites for hydroxylation is 1. The molecule has 1 amide bonds. The highest BCUT2D eigenvalue weighted by atomic mass is 19.3. The Morgan fingerprint density at radius 1 is 1.03 bits per heavy atom. The number of hydrogen-bond donors (Lipinski definition) is 2. The molecule has 4 rings (SSSR count). The van der Waals surface area contributed by atoms with E-state index in [-0.39, 0.29) is 5.92 Å². The molecule has 34 heavy (non-hydrogen) atoms. The highest BCUT2D eigenvalue weighted by Gasteiger charge is 2.16. The van der Waals surface area contributed by atoms with Crippen LogP contribution in [0.5, 0.6) is 0 Å². The van der Waals surface area contributed by atoms with Crippen molar-refractivity contribution in [3.8, 4) is 11.3 Å². The van der Waals surface area contributed by atoms with Crippen LogP contribution in [-0.2, 0) is 0 Å². The number of nitrogens with zero attached hydrogens (tertiary/aromatic N) is 4. The zero-order chi connectivity index (χ0) is 24.1. The summed E-state index contributed by atoms with van der Waals surface area (Å²) < 4.78 is 25.0. The molecule has 0 bridgehead atoms. The lowest BCUT2D eigenvalue weighted by molar-refractivity contribution is 0.0893. The number of anilines is 1. The number of aromatic nitrogens is 4. The summed E-state index contributed by atoms with van der Waals surface area (Å²) in [7, 11) is 0. The molecule has 0 aliphatic heterocycles. The van der Waals surface area contributed by atoms with Gasteiger partial charge in [-0.1, -0.05) is 25.1 Å². The Morgan fingerprint density at radius 2 is 1.88 bits per heavy atom. The minimum Gasteiger partial charge on any atom is -0.369 e. The van der Waals surface area contributed by atoms with E-state index in [1.54, 1.807) is 12.3 Å². The van der Waals surface area contributed by atoms with Crippen molar-refractivity contribution in [1.29, 1.82) is 0 Å². The molecule has 9 heteroatoms. The third-order valence-electron chi connectivity index (χ3n) is 5.46. The predicted octanol–water partition coefficient (Wildman–Crippen LogP) is 4.61. The maximum absolute atomic E-state index is 12.5. The fourth-order valence-electron chi connectivity index (χ4n) is 3.66. The lowest BCUT2D eigenvalue weighted by Crippen LogP contribution is -2.28. The number of rotatable bonds is 8. The van der Waals surface area contributed by atoms with Gasteiger partial charge in [0.2, 0.25) is 0 Å². The van der Waals surface area contributed by atoms with Gasteiger partial charge in [0, 0.05) is 47.6 Å². The Kier molecular flexibility index (Phi) is 7.01. The van der Waals surface area contributed by atoms with Crippen LogP contribution in [0, 0.1) is 6.92 Å². The summed E-state index contributed by atoms with van der Waals surface area (Å²) in [6, 6.07) is 12.9. The van der Waals surface area contributed by atoms with E-state index in [9.17, 15) is 13.6 Å². The number of carbonyl (C=O) groups is 1. The van der Waals surface area contributed by atoms with Crippen molar-refractivity contribution in [3.63, 3.8) is 0 Å². The van der Waals surface area contributed by atoms with Crippen LogP contribution in [-0.4, -0.2) is 45.4 Å². The first-order valence-corrected chi connectivity index (χ1v) is 10.9. The number of pyridine rings is 2. The second-order valence-electron chi connectivity index (χ2n) is 7.96. The smallest absolute Gasteiger partial charge is 0.255 e. The minimum absolute atomic E-state index is 0.0232. The van der Waals surface area contributed by atoms with Crippen molar-refractivity contribution in [3.05, 3.63) is 78.0 Å². The van der Waals surface area contributed by atoms with E-state index in [0.717, 1.165) is 22.5 Å². The summed E-state index contributed by atoms with van der Waals surface area (Å²) in [4.78, 5) is 29.8. The second-order valence-corrected chi connectivity index (χ2v) is 7.96. The number of fused-ring (bicyclic) bond motifs is 1. The quantitative estimate of drug-likeness (QED) is 0.397. The Hall–Kier alpha value is -4.01. The van der Waals surface area contributed by atoms with Gasteiger partial charge in [0.1, 0.15) is 12.1 Å². The van der Waals surface area contributed by atoms with Crippen molar-refractivity contribution in [2.45, 2.75) is 26.2 Å². The van der Waals surface area contributed by atoms with E-state index in [1.807, 2.05) is 44.2 Å². The van der Waals surface area contributed by atoms with Crippen molar-refractivity contribution in [1.82, 2.24) is 25.3 Å². The molecule has 0 saturated heterocycles. The molecule has 0 aliphatic rings. The van der Waals surface area contributed by atoms with E-state index >= 15 is 0 Å². The molecule has 4 aromatic rings. The second kappa shape index (κ2) is 10.3.